The zero-order valence-corrected chi connectivity index (χ0v) is 6.97. The number of hydrogen-bond donors (Lipinski definition) is 0. The first-order chi connectivity index (χ1) is 5.45. The van der Waals surface area contributed by atoms with Crippen molar-refractivity contribution >= 4 is 0 Å². The fourth-order valence-corrected chi connectivity index (χ4v) is 2.49. The Hall–Kier alpha value is -0.260. The Morgan fingerprint density at radius 2 is 1.82 bits per heavy atom. The monoisotopic (exact) mass is 147 g/mol. The molecule has 0 amide bonds. The molecule has 1 atom stereocenters. The predicted octanol–water partition coefficient (Wildman–Crippen LogP) is 2.95. The Bertz CT molecular complexity index is 194. The molecule has 0 spiro atoms. The van der Waals surface area contributed by atoms with Crippen LogP contribution in [0.4, 0.5) is 0 Å². The van der Waals surface area contributed by atoms with Gasteiger partial charge in [0.25, 0.3) is 0 Å². The minimum absolute atomic E-state index is 1.00. The second kappa shape index (κ2) is 2.12. The van der Waals surface area contributed by atoms with E-state index in [1.54, 1.807) is 5.57 Å². The van der Waals surface area contributed by atoms with Crippen LogP contribution in [0.2, 0.25) is 0 Å². The zero-order valence-electron chi connectivity index (χ0n) is 6.97. The van der Waals surface area contributed by atoms with Crippen LogP contribution in [0.25, 0.3) is 0 Å². The number of hydrogen-bond acceptors (Lipinski definition) is 0. The van der Waals surface area contributed by atoms with Gasteiger partial charge in [0, 0.05) is 0 Å². The molecule has 0 aromatic carbocycles. The van der Waals surface area contributed by atoms with Gasteiger partial charge in [-0.05, 0) is 62.4 Å². The van der Waals surface area contributed by atoms with Crippen molar-refractivity contribution in [3.05, 3.63) is 11.6 Å². The van der Waals surface area contributed by atoms with Crippen molar-refractivity contribution in [2.45, 2.75) is 38.5 Å². The van der Waals surface area contributed by atoms with Gasteiger partial charge >= 0.3 is 0 Å². The van der Waals surface area contributed by atoms with Crippen molar-refractivity contribution in [2.24, 2.45) is 17.8 Å². The molecule has 0 saturated heterocycles. The molecule has 3 aliphatic carbocycles. The summed E-state index contributed by atoms with van der Waals surface area (Å²) in [4.78, 5) is 0. The summed E-state index contributed by atoms with van der Waals surface area (Å²) in [6, 6.07) is 0. The maximum atomic E-state index is 3.61. The van der Waals surface area contributed by atoms with E-state index in [-0.39, 0.29) is 0 Å². The van der Waals surface area contributed by atoms with Gasteiger partial charge in [0.2, 0.25) is 0 Å². The van der Waals surface area contributed by atoms with Crippen LogP contribution in [-0.2, 0) is 0 Å². The van der Waals surface area contributed by atoms with Gasteiger partial charge in [0.05, 0.1) is 0 Å². The van der Waals surface area contributed by atoms with Gasteiger partial charge in [-0.25, -0.2) is 0 Å². The van der Waals surface area contributed by atoms with Crippen LogP contribution >= 0.6 is 0 Å². The van der Waals surface area contributed by atoms with E-state index in [1.165, 1.54) is 38.5 Å². The van der Waals surface area contributed by atoms with Gasteiger partial charge in [-0.3, -0.25) is 0 Å². The van der Waals surface area contributed by atoms with E-state index in [0.717, 1.165) is 17.8 Å². The lowest BCUT2D eigenvalue weighted by molar-refractivity contribution is 0.512. The predicted molar refractivity (Wildman–Crippen MR) is 44.9 cm³/mol. The molecule has 2 saturated carbocycles. The van der Waals surface area contributed by atoms with E-state index in [2.05, 4.69) is 6.08 Å². The maximum Gasteiger partial charge on any atom is -0.0163 e. The Morgan fingerprint density at radius 1 is 1.00 bits per heavy atom. The molecule has 0 heterocycles. The molecule has 0 aromatic heterocycles. The zero-order chi connectivity index (χ0) is 7.26. The Morgan fingerprint density at radius 3 is 2.45 bits per heavy atom. The third-order valence-electron chi connectivity index (χ3n) is 3.39. The van der Waals surface area contributed by atoms with E-state index >= 15 is 0 Å². The van der Waals surface area contributed by atoms with E-state index in [1.807, 2.05) is 0 Å². The van der Waals surface area contributed by atoms with Gasteiger partial charge in [-0.2, -0.15) is 0 Å². The number of rotatable bonds is 2. The highest BCUT2D eigenvalue weighted by molar-refractivity contribution is 5.19. The molecule has 11 heavy (non-hydrogen) atoms. The molecular formula is C11H15. The molecule has 0 bridgehead atoms. The third kappa shape index (κ3) is 1.04. The Labute approximate surface area is 68.7 Å². The smallest absolute Gasteiger partial charge is 0.0163 e. The van der Waals surface area contributed by atoms with Crippen LogP contribution in [0, 0.1) is 23.8 Å². The normalized spacial score (nSPS) is 37.5. The van der Waals surface area contributed by atoms with Crippen LogP contribution in [0.3, 0.4) is 0 Å². The summed E-state index contributed by atoms with van der Waals surface area (Å²) in [7, 11) is 0. The summed E-state index contributed by atoms with van der Waals surface area (Å²) in [6.45, 7) is 0. The van der Waals surface area contributed by atoms with Crippen LogP contribution in [0.1, 0.15) is 38.5 Å². The van der Waals surface area contributed by atoms with E-state index in [4.69, 9.17) is 0 Å². The molecule has 0 N–H and O–H groups in total. The Kier molecular flexibility index (Phi) is 1.21. The molecular weight excluding hydrogens is 132 g/mol. The second-order valence-electron chi connectivity index (χ2n) is 4.39. The molecule has 1 unspecified atom stereocenters. The highest BCUT2D eigenvalue weighted by atomic mass is 14.5. The van der Waals surface area contributed by atoms with E-state index in [9.17, 15) is 0 Å². The summed E-state index contributed by atoms with van der Waals surface area (Å²) in [5.74, 6) is 3.10. The Balaban J connectivity index is 1.77. The molecule has 2 fully saturated rings. The first-order valence-corrected chi connectivity index (χ1v) is 5.06. The number of allylic oxidation sites excluding steroid dienone is 2. The molecule has 59 valence electrons. The van der Waals surface area contributed by atoms with Gasteiger partial charge in [-0.15, -0.1) is 0 Å². The lowest BCUT2D eigenvalue weighted by Gasteiger charge is -2.12. The average molecular weight is 147 g/mol. The van der Waals surface area contributed by atoms with Gasteiger partial charge in [0.1, 0.15) is 0 Å². The summed E-state index contributed by atoms with van der Waals surface area (Å²) in [6.07, 6.45) is 12.3. The summed E-state index contributed by atoms with van der Waals surface area (Å²) < 4.78 is 0. The van der Waals surface area contributed by atoms with Crippen LogP contribution in [-0.4, -0.2) is 0 Å². The third-order valence-corrected chi connectivity index (χ3v) is 3.39. The van der Waals surface area contributed by atoms with Crippen molar-refractivity contribution in [1.29, 1.82) is 0 Å². The van der Waals surface area contributed by atoms with Crippen molar-refractivity contribution in [2.75, 3.05) is 0 Å². The molecule has 0 nitrogen and oxygen atoms in total. The quantitative estimate of drug-likeness (QED) is 0.563. The molecule has 1 radical (unpaired) electrons. The molecule has 0 heteroatoms. The fourth-order valence-electron chi connectivity index (χ4n) is 2.49. The largest absolute Gasteiger partial charge is 0.0602 e. The maximum absolute atomic E-state index is 3.61. The average Bonchev–Trinajstić information content (AvgIpc) is 2.91. The van der Waals surface area contributed by atoms with Crippen molar-refractivity contribution < 1.29 is 0 Å². The van der Waals surface area contributed by atoms with Crippen LogP contribution in [0.15, 0.2) is 5.57 Å². The topological polar surface area (TPSA) is 0 Å². The van der Waals surface area contributed by atoms with Gasteiger partial charge in [0.15, 0.2) is 0 Å². The molecule has 3 rings (SSSR count). The SMILES string of the molecule is [C]1=C(C2CC2)C(C2CC2)CC1. The highest BCUT2D eigenvalue weighted by Crippen LogP contribution is 2.52. The fraction of sp³-hybridized carbons (Fsp3) is 0.818. The van der Waals surface area contributed by atoms with E-state index in [0.29, 0.717) is 0 Å². The van der Waals surface area contributed by atoms with Crippen molar-refractivity contribution in [1.82, 2.24) is 0 Å². The van der Waals surface area contributed by atoms with Gasteiger partial charge < -0.3 is 0 Å². The minimum atomic E-state index is 1.00. The highest BCUT2D eigenvalue weighted by Gasteiger charge is 2.40. The lowest BCUT2D eigenvalue weighted by Crippen LogP contribution is -2.02. The van der Waals surface area contributed by atoms with Crippen LogP contribution in [0.5, 0.6) is 0 Å². The molecule has 3 aliphatic rings. The first kappa shape index (κ1) is 6.28. The summed E-state index contributed by atoms with van der Waals surface area (Å²) in [5.41, 5.74) is 1.76. The van der Waals surface area contributed by atoms with Crippen molar-refractivity contribution in [3.63, 3.8) is 0 Å². The molecule has 0 aromatic rings. The van der Waals surface area contributed by atoms with Gasteiger partial charge in [-0.1, -0.05) is 5.57 Å². The van der Waals surface area contributed by atoms with Crippen LogP contribution < -0.4 is 0 Å². The summed E-state index contributed by atoms with van der Waals surface area (Å²) >= 11 is 0. The van der Waals surface area contributed by atoms with E-state index < -0.39 is 0 Å². The minimum Gasteiger partial charge on any atom is -0.0602 e. The molecule has 0 aliphatic heterocycles. The van der Waals surface area contributed by atoms with Crippen molar-refractivity contribution in [3.8, 4) is 0 Å². The lowest BCUT2D eigenvalue weighted by atomic mass is 9.93. The standard InChI is InChI=1S/C11H15/c1-2-10(8-4-5-8)11(3-1)9-6-7-9/h8-10H,1-2,4-7H2. The second-order valence-corrected chi connectivity index (χ2v) is 4.39. The first-order valence-electron chi connectivity index (χ1n) is 5.06. The summed E-state index contributed by atoms with van der Waals surface area (Å²) in [5, 5.41) is 0.